The van der Waals surface area contributed by atoms with E-state index in [-0.39, 0.29) is 23.4 Å². The van der Waals surface area contributed by atoms with E-state index in [1.807, 2.05) is 13.0 Å². The number of rotatable bonds is 0. The summed E-state index contributed by atoms with van der Waals surface area (Å²) in [6.07, 6.45) is 5.03. The van der Waals surface area contributed by atoms with Gasteiger partial charge in [0.1, 0.15) is 5.78 Å². The molecule has 0 aromatic carbocycles. The third-order valence-electron chi connectivity index (χ3n) is 3.07. The van der Waals surface area contributed by atoms with E-state index in [1.54, 1.807) is 0 Å². The van der Waals surface area contributed by atoms with Crippen molar-refractivity contribution in [1.29, 1.82) is 0 Å². The lowest BCUT2D eigenvalue weighted by Gasteiger charge is -2.11. The molecule has 0 radical (unpaired) electrons. The fourth-order valence-electron chi connectivity index (χ4n) is 2.43. The zero-order valence-corrected chi connectivity index (χ0v) is 7.88. The van der Waals surface area contributed by atoms with Crippen molar-refractivity contribution < 1.29 is 9.59 Å². The van der Waals surface area contributed by atoms with E-state index in [2.05, 4.69) is 0 Å². The summed E-state index contributed by atoms with van der Waals surface area (Å²) in [5, 5.41) is 0. The summed E-state index contributed by atoms with van der Waals surface area (Å²) < 4.78 is 0. The minimum Gasteiger partial charge on any atom is -0.299 e. The van der Waals surface area contributed by atoms with Crippen LogP contribution >= 0.6 is 0 Å². The van der Waals surface area contributed by atoms with Crippen molar-refractivity contribution in [2.24, 2.45) is 11.8 Å². The van der Waals surface area contributed by atoms with Crippen LogP contribution < -0.4 is 0 Å². The van der Waals surface area contributed by atoms with Crippen molar-refractivity contribution in [3.05, 3.63) is 11.6 Å². The fraction of sp³-hybridized carbons (Fsp3) is 0.636. The molecule has 2 atom stereocenters. The molecule has 1 fully saturated rings. The van der Waals surface area contributed by atoms with Crippen molar-refractivity contribution >= 4 is 11.6 Å². The fourth-order valence-corrected chi connectivity index (χ4v) is 2.43. The molecular formula is C11H14O2. The molecule has 0 N–H and O–H groups in total. The van der Waals surface area contributed by atoms with Crippen LogP contribution in [0.4, 0.5) is 0 Å². The molecule has 0 spiro atoms. The molecule has 13 heavy (non-hydrogen) atoms. The lowest BCUT2D eigenvalue weighted by Crippen LogP contribution is -2.17. The standard InChI is InChI=1S/C11H14O2/c1-7-6-10(13)8-4-2-3-5-9(12)11(7)8/h4,7,11H,2-3,5-6H2,1H3. The highest BCUT2D eigenvalue weighted by molar-refractivity contribution is 6.05. The van der Waals surface area contributed by atoms with E-state index >= 15 is 0 Å². The SMILES string of the molecule is CC1CC(=O)C2=CCCCC(=O)C21. The largest absolute Gasteiger partial charge is 0.299 e. The van der Waals surface area contributed by atoms with Crippen LogP contribution in [0.1, 0.15) is 32.6 Å². The topological polar surface area (TPSA) is 34.1 Å². The Morgan fingerprint density at radius 2 is 2.15 bits per heavy atom. The zero-order valence-electron chi connectivity index (χ0n) is 7.88. The normalized spacial score (nSPS) is 34.1. The highest BCUT2D eigenvalue weighted by atomic mass is 16.1. The first-order chi connectivity index (χ1) is 6.20. The van der Waals surface area contributed by atoms with Gasteiger partial charge in [-0.05, 0) is 18.8 Å². The number of allylic oxidation sites excluding steroid dienone is 2. The second-order valence-electron chi connectivity index (χ2n) is 4.10. The molecule has 2 aliphatic rings. The van der Waals surface area contributed by atoms with Gasteiger partial charge in [0.2, 0.25) is 0 Å². The van der Waals surface area contributed by atoms with Gasteiger partial charge in [-0.25, -0.2) is 0 Å². The molecule has 0 bridgehead atoms. The van der Waals surface area contributed by atoms with Crippen molar-refractivity contribution in [2.45, 2.75) is 32.6 Å². The van der Waals surface area contributed by atoms with Crippen LogP contribution in [-0.4, -0.2) is 11.6 Å². The van der Waals surface area contributed by atoms with E-state index < -0.39 is 0 Å². The first kappa shape index (κ1) is 8.67. The first-order valence-corrected chi connectivity index (χ1v) is 4.96. The molecule has 0 aromatic heterocycles. The molecular weight excluding hydrogens is 164 g/mol. The summed E-state index contributed by atoms with van der Waals surface area (Å²) in [4.78, 5) is 23.2. The molecule has 2 rings (SSSR count). The Kier molecular flexibility index (Phi) is 2.06. The van der Waals surface area contributed by atoms with Crippen LogP contribution in [0.2, 0.25) is 0 Å². The zero-order chi connectivity index (χ0) is 9.42. The van der Waals surface area contributed by atoms with Crippen molar-refractivity contribution in [3.8, 4) is 0 Å². The minimum absolute atomic E-state index is 0.0602. The second-order valence-corrected chi connectivity index (χ2v) is 4.10. The predicted molar refractivity (Wildman–Crippen MR) is 49.2 cm³/mol. The summed E-state index contributed by atoms with van der Waals surface area (Å²) in [6, 6.07) is 0. The molecule has 2 unspecified atom stereocenters. The Balaban J connectivity index is 2.36. The van der Waals surface area contributed by atoms with Crippen molar-refractivity contribution in [3.63, 3.8) is 0 Å². The average molecular weight is 178 g/mol. The third kappa shape index (κ3) is 1.34. The Labute approximate surface area is 78.0 Å². The van der Waals surface area contributed by atoms with Gasteiger partial charge in [0.25, 0.3) is 0 Å². The van der Waals surface area contributed by atoms with Crippen LogP contribution in [0.3, 0.4) is 0 Å². The number of fused-ring (bicyclic) bond motifs is 1. The van der Waals surface area contributed by atoms with Crippen LogP contribution in [0.15, 0.2) is 11.6 Å². The summed E-state index contributed by atoms with van der Waals surface area (Å²) in [5.41, 5.74) is 0.815. The van der Waals surface area contributed by atoms with Gasteiger partial charge in [-0.2, -0.15) is 0 Å². The maximum atomic E-state index is 11.7. The van der Waals surface area contributed by atoms with Gasteiger partial charge in [-0.3, -0.25) is 9.59 Å². The Morgan fingerprint density at radius 3 is 2.92 bits per heavy atom. The molecule has 2 nitrogen and oxygen atoms in total. The lowest BCUT2D eigenvalue weighted by atomic mass is 9.90. The summed E-state index contributed by atoms with van der Waals surface area (Å²) in [5.74, 6) is 0.661. The minimum atomic E-state index is -0.0602. The van der Waals surface area contributed by atoms with Gasteiger partial charge in [0, 0.05) is 24.3 Å². The van der Waals surface area contributed by atoms with Gasteiger partial charge in [-0.1, -0.05) is 13.0 Å². The highest BCUT2D eigenvalue weighted by Gasteiger charge is 2.39. The Hall–Kier alpha value is -0.920. The van der Waals surface area contributed by atoms with Crippen molar-refractivity contribution in [1.82, 2.24) is 0 Å². The van der Waals surface area contributed by atoms with Crippen molar-refractivity contribution in [2.75, 3.05) is 0 Å². The van der Waals surface area contributed by atoms with E-state index in [0.29, 0.717) is 12.8 Å². The highest BCUT2D eigenvalue weighted by Crippen LogP contribution is 2.37. The summed E-state index contributed by atoms with van der Waals surface area (Å²) >= 11 is 0. The molecule has 0 aromatic rings. The van der Waals surface area contributed by atoms with Gasteiger partial charge < -0.3 is 0 Å². The quantitative estimate of drug-likeness (QED) is 0.567. The van der Waals surface area contributed by atoms with Gasteiger partial charge in [0.15, 0.2) is 5.78 Å². The number of carbonyl (C=O) groups is 2. The monoisotopic (exact) mass is 178 g/mol. The van der Waals surface area contributed by atoms with E-state index in [9.17, 15) is 9.59 Å². The molecule has 0 saturated heterocycles. The number of hydrogen-bond donors (Lipinski definition) is 0. The average Bonchev–Trinajstić information content (AvgIpc) is 2.28. The second kappa shape index (κ2) is 3.09. The predicted octanol–water partition coefficient (Wildman–Crippen LogP) is 1.89. The van der Waals surface area contributed by atoms with Crippen LogP contribution in [-0.2, 0) is 9.59 Å². The lowest BCUT2D eigenvalue weighted by molar-refractivity contribution is -0.122. The van der Waals surface area contributed by atoms with Gasteiger partial charge in [-0.15, -0.1) is 0 Å². The van der Waals surface area contributed by atoms with E-state index in [4.69, 9.17) is 0 Å². The molecule has 0 heterocycles. The molecule has 0 amide bonds. The van der Waals surface area contributed by atoms with E-state index in [1.165, 1.54) is 0 Å². The Bertz CT molecular complexity index is 288. The molecule has 2 heteroatoms. The van der Waals surface area contributed by atoms with Gasteiger partial charge in [0.05, 0.1) is 0 Å². The molecule has 1 saturated carbocycles. The number of carbonyl (C=O) groups excluding carboxylic acids is 2. The van der Waals surface area contributed by atoms with Gasteiger partial charge >= 0.3 is 0 Å². The van der Waals surface area contributed by atoms with Crippen LogP contribution in [0, 0.1) is 11.8 Å². The summed E-state index contributed by atoms with van der Waals surface area (Å²) in [6.45, 7) is 2.01. The van der Waals surface area contributed by atoms with Crippen LogP contribution in [0.5, 0.6) is 0 Å². The number of hydrogen-bond acceptors (Lipinski definition) is 2. The maximum absolute atomic E-state index is 11.7. The molecule has 0 aliphatic heterocycles. The number of Topliss-reactive ketones (excluding diaryl/α,β-unsaturated/α-hetero) is 2. The third-order valence-corrected chi connectivity index (χ3v) is 3.07. The number of ketones is 2. The van der Waals surface area contributed by atoms with E-state index in [0.717, 1.165) is 18.4 Å². The maximum Gasteiger partial charge on any atom is 0.159 e. The summed E-state index contributed by atoms with van der Waals surface area (Å²) in [7, 11) is 0. The first-order valence-electron chi connectivity index (χ1n) is 4.96. The molecule has 2 aliphatic carbocycles. The Morgan fingerprint density at radius 1 is 1.38 bits per heavy atom. The smallest absolute Gasteiger partial charge is 0.159 e. The molecule has 70 valence electrons. The van der Waals surface area contributed by atoms with Crippen LogP contribution in [0.25, 0.3) is 0 Å².